The molecule has 0 saturated carbocycles. The summed E-state index contributed by atoms with van der Waals surface area (Å²) in [6.45, 7) is -0.271. The van der Waals surface area contributed by atoms with Gasteiger partial charge in [0.2, 0.25) is 0 Å². The van der Waals surface area contributed by atoms with E-state index in [9.17, 15) is 20.0 Å². The monoisotopic (exact) mass is 469 g/mol. The molecule has 0 aliphatic carbocycles. The van der Waals surface area contributed by atoms with Crippen LogP contribution in [0.15, 0.2) is 76.3 Å². The summed E-state index contributed by atoms with van der Waals surface area (Å²) in [5, 5.41) is 24.5. The van der Waals surface area contributed by atoms with Gasteiger partial charge in [-0.2, -0.15) is 5.10 Å². The van der Waals surface area contributed by atoms with E-state index in [0.29, 0.717) is 5.75 Å². The van der Waals surface area contributed by atoms with E-state index in [-0.39, 0.29) is 28.1 Å². The molecule has 8 nitrogen and oxygen atoms in total. The lowest BCUT2D eigenvalue weighted by atomic mass is 10.1. The minimum atomic E-state index is -0.600. The third-order valence-electron chi connectivity index (χ3n) is 4.01. The van der Waals surface area contributed by atoms with E-state index in [4.69, 9.17) is 4.74 Å². The number of halogens is 1. The lowest BCUT2D eigenvalue weighted by Gasteiger charge is -2.07. The summed E-state index contributed by atoms with van der Waals surface area (Å²) in [6, 6.07) is 19.5. The van der Waals surface area contributed by atoms with Crippen LogP contribution in [-0.4, -0.2) is 28.8 Å². The number of rotatable bonds is 7. The highest BCUT2D eigenvalue weighted by molar-refractivity contribution is 9.10. The van der Waals surface area contributed by atoms with E-state index in [1.165, 1.54) is 6.07 Å². The van der Waals surface area contributed by atoms with E-state index in [1.54, 1.807) is 12.1 Å². The molecular weight excluding hydrogens is 454 g/mol. The zero-order chi connectivity index (χ0) is 21.5. The van der Waals surface area contributed by atoms with Crippen molar-refractivity contribution in [1.82, 2.24) is 5.43 Å². The van der Waals surface area contributed by atoms with Crippen molar-refractivity contribution < 1.29 is 19.6 Å². The number of nitro groups is 1. The van der Waals surface area contributed by atoms with Gasteiger partial charge in [-0.3, -0.25) is 14.9 Å². The summed E-state index contributed by atoms with van der Waals surface area (Å²) in [4.78, 5) is 22.2. The van der Waals surface area contributed by atoms with Gasteiger partial charge in [-0.1, -0.05) is 42.5 Å². The molecule has 0 fully saturated rings. The Balaban J connectivity index is 1.55. The van der Waals surface area contributed by atoms with Crippen LogP contribution >= 0.6 is 15.9 Å². The molecule has 3 aromatic carbocycles. The number of phenolic OH excluding ortho intramolecular Hbond substituents is 1. The van der Waals surface area contributed by atoms with Crippen molar-refractivity contribution in [1.29, 1.82) is 0 Å². The van der Waals surface area contributed by atoms with Gasteiger partial charge in [0.25, 0.3) is 11.6 Å². The summed E-state index contributed by atoms with van der Waals surface area (Å²) in [5.74, 6) is -0.232. The molecule has 0 aromatic heterocycles. The molecule has 3 rings (SSSR count). The maximum atomic E-state index is 11.9. The van der Waals surface area contributed by atoms with Crippen LogP contribution < -0.4 is 10.2 Å². The van der Waals surface area contributed by atoms with E-state index < -0.39 is 10.8 Å². The number of hydrogen-bond acceptors (Lipinski definition) is 6. The maximum absolute atomic E-state index is 11.9. The topological polar surface area (TPSA) is 114 Å². The minimum Gasteiger partial charge on any atom is -0.506 e. The van der Waals surface area contributed by atoms with Crippen LogP contribution in [0.1, 0.15) is 5.56 Å². The number of benzene rings is 3. The van der Waals surface area contributed by atoms with Gasteiger partial charge in [-0.15, -0.1) is 0 Å². The van der Waals surface area contributed by atoms with Gasteiger partial charge in [-0.25, -0.2) is 5.43 Å². The third-order valence-corrected chi connectivity index (χ3v) is 4.62. The number of aromatic hydroxyl groups is 1. The Hall–Kier alpha value is -3.72. The van der Waals surface area contributed by atoms with Crippen molar-refractivity contribution in [3.8, 4) is 22.6 Å². The van der Waals surface area contributed by atoms with Crippen molar-refractivity contribution in [3.05, 3.63) is 86.9 Å². The van der Waals surface area contributed by atoms with Crippen LogP contribution in [0.5, 0.6) is 11.5 Å². The maximum Gasteiger partial charge on any atom is 0.277 e. The molecule has 0 bridgehead atoms. The molecule has 0 spiro atoms. The summed E-state index contributed by atoms with van der Waals surface area (Å²) in [6.07, 6.45) is 1.11. The molecule has 0 aliphatic heterocycles. The fourth-order valence-corrected chi connectivity index (χ4v) is 3.00. The van der Waals surface area contributed by atoms with Gasteiger partial charge in [0.1, 0.15) is 11.5 Å². The molecular formula is C21H16BrN3O5. The predicted molar refractivity (Wildman–Crippen MR) is 116 cm³/mol. The molecule has 30 heavy (non-hydrogen) atoms. The molecule has 9 heteroatoms. The first-order valence-corrected chi connectivity index (χ1v) is 9.50. The molecule has 0 unspecified atom stereocenters. The van der Waals surface area contributed by atoms with Crippen LogP contribution in [0.2, 0.25) is 0 Å². The Bertz CT molecular complexity index is 1090. The van der Waals surface area contributed by atoms with E-state index >= 15 is 0 Å². The summed E-state index contributed by atoms with van der Waals surface area (Å²) >= 11 is 3.03. The van der Waals surface area contributed by atoms with Crippen molar-refractivity contribution in [2.75, 3.05) is 6.61 Å². The molecule has 3 aromatic rings. The second kappa shape index (κ2) is 9.66. The lowest BCUT2D eigenvalue weighted by Crippen LogP contribution is -2.24. The molecule has 0 atom stereocenters. The summed E-state index contributed by atoms with van der Waals surface area (Å²) in [5.41, 5.74) is 4.20. The molecule has 0 radical (unpaired) electrons. The minimum absolute atomic E-state index is 0.0776. The number of nitro benzene ring substituents is 1. The van der Waals surface area contributed by atoms with Gasteiger partial charge < -0.3 is 9.84 Å². The molecule has 2 N–H and O–H groups in total. The van der Waals surface area contributed by atoms with Gasteiger partial charge in [0.15, 0.2) is 6.61 Å². The van der Waals surface area contributed by atoms with E-state index in [2.05, 4.69) is 26.5 Å². The van der Waals surface area contributed by atoms with Crippen molar-refractivity contribution in [2.24, 2.45) is 5.10 Å². The number of hydrazone groups is 1. The second-order valence-corrected chi connectivity index (χ2v) is 6.95. The smallest absolute Gasteiger partial charge is 0.277 e. The summed E-state index contributed by atoms with van der Waals surface area (Å²) < 4.78 is 5.57. The molecule has 0 aliphatic rings. The fraction of sp³-hybridized carbons (Fsp3) is 0.0476. The van der Waals surface area contributed by atoms with E-state index in [0.717, 1.165) is 23.4 Å². The number of nitrogens with one attached hydrogen (secondary N) is 1. The number of hydrogen-bond donors (Lipinski definition) is 2. The normalized spacial score (nSPS) is 10.7. The van der Waals surface area contributed by atoms with Crippen LogP contribution in [-0.2, 0) is 4.79 Å². The number of amides is 1. The number of nitrogens with zero attached hydrogens (tertiary/aromatic N) is 2. The zero-order valence-electron chi connectivity index (χ0n) is 15.5. The highest BCUT2D eigenvalue weighted by Crippen LogP contribution is 2.31. The Kier molecular flexibility index (Phi) is 6.76. The first kappa shape index (κ1) is 21.0. The highest BCUT2D eigenvalue weighted by Gasteiger charge is 2.13. The lowest BCUT2D eigenvalue weighted by molar-refractivity contribution is -0.385. The highest BCUT2D eigenvalue weighted by atomic mass is 79.9. The number of carbonyl (C=O) groups is 1. The Morgan fingerprint density at radius 3 is 2.47 bits per heavy atom. The zero-order valence-corrected chi connectivity index (χ0v) is 17.1. The van der Waals surface area contributed by atoms with Crippen molar-refractivity contribution in [2.45, 2.75) is 0 Å². The van der Waals surface area contributed by atoms with Crippen LogP contribution in [0, 0.1) is 10.1 Å². The quantitative estimate of drug-likeness (QED) is 0.304. The van der Waals surface area contributed by atoms with Gasteiger partial charge in [0, 0.05) is 17.7 Å². The van der Waals surface area contributed by atoms with Crippen molar-refractivity contribution in [3.63, 3.8) is 0 Å². The number of ether oxygens (including phenoxy) is 1. The standard InChI is InChI=1S/C21H16BrN3O5/c22-19-11-17(25(28)29)10-16(21(19)27)12-23-24-20(26)13-30-18-8-6-15(7-9-18)14-4-2-1-3-5-14/h1-12,27H,13H2,(H,24,26)/b23-12-. The van der Waals surface area contributed by atoms with Crippen LogP contribution in [0.4, 0.5) is 5.69 Å². The van der Waals surface area contributed by atoms with Gasteiger partial charge in [0.05, 0.1) is 15.6 Å². The molecule has 0 saturated heterocycles. The largest absolute Gasteiger partial charge is 0.506 e. The van der Waals surface area contributed by atoms with Crippen LogP contribution in [0.3, 0.4) is 0 Å². The Labute approximate surface area is 180 Å². The fourth-order valence-electron chi connectivity index (χ4n) is 2.54. The number of phenols is 1. The molecule has 0 heterocycles. The van der Waals surface area contributed by atoms with Gasteiger partial charge in [-0.05, 0) is 39.2 Å². The number of carbonyl (C=O) groups excluding carboxylic acids is 1. The third kappa shape index (κ3) is 5.42. The average Bonchev–Trinajstić information content (AvgIpc) is 2.76. The molecule has 1 amide bonds. The Morgan fingerprint density at radius 1 is 1.13 bits per heavy atom. The first-order chi connectivity index (χ1) is 14.4. The predicted octanol–water partition coefficient (Wildman–Crippen LogP) is 4.26. The Morgan fingerprint density at radius 2 is 1.80 bits per heavy atom. The number of non-ortho nitro benzene ring substituents is 1. The van der Waals surface area contributed by atoms with Crippen LogP contribution in [0.25, 0.3) is 11.1 Å². The molecule has 152 valence electrons. The second-order valence-electron chi connectivity index (χ2n) is 6.09. The first-order valence-electron chi connectivity index (χ1n) is 8.71. The van der Waals surface area contributed by atoms with Gasteiger partial charge >= 0.3 is 0 Å². The van der Waals surface area contributed by atoms with Crippen molar-refractivity contribution >= 4 is 33.7 Å². The van der Waals surface area contributed by atoms with E-state index in [1.807, 2.05) is 42.5 Å². The SMILES string of the molecule is O=C(COc1ccc(-c2ccccc2)cc1)N/N=C\c1cc([N+](=O)[O-])cc(Br)c1O. The average molecular weight is 470 g/mol. The summed E-state index contributed by atoms with van der Waals surface area (Å²) in [7, 11) is 0.